The molecule has 3 aromatic rings. The first-order valence-electron chi connectivity index (χ1n) is 10.2. The van der Waals surface area contributed by atoms with Gasteiger partial charge in [-0.1, -0.05) is 18.6 Å². The van der Waals surface area contributed by atoms with Crippen LogP contribution in [-0.4, -0.2) is 38.8 Å². The zero-order valence-corrected chi connectivity index (χ0v) is 18.1. The third-order valence-corrected chi connectivity index (χ3v) is 5.19. The van der Waals surface area contributed by atoms with E-state index in [4.69, 9.17) is 23.7 Å². The molecule has 0 atom stereocenters. The summed E-state index contributed by atoms with van der Waals surface area (Å²) in [5, 5.41) is 9.04. The Kier molecular flexibility index (Phi) is 7.73. The van der Waals surface area contributed by atoms with Crippen LogP contribution in [0, 0.1) is 0 Å². The van der Waals surface area contributed by atoms with Gasteiger partial charge >= 0.3 is 0 Å². The van der Waals surface area contributed by atoms with Gasteiger partial charge in [0.15, 0.2) is 17.3 Å². The topological polar surface area (TPSA) is 78.1 Å². The van der Waals surface area contributed by atoms with Crippen molar-refractivity contribution >= 4 is 5.78 Å². The largest absolute Gasteiger partial charge is 0.493 e. The Morgan fingerprint density at radius 2 is 1.68 bits per heavy atom. The van der Waals surface area contributed by atoms with Crippen molar-refractivity contribution in [3.05, 3.63) is 65.4 Å². The molecular weight excluding hydrogens is 396 g/mol. The van der Waals surface area contributed by atoms with Crippen LogP contribution in [0.25, 0.3) is 11.3 Å². The number of ketones is 1. The molecular formula is C25H28O6. The summed E-state index contributed by atoms with van der Waals surface area (Å²) in [5.74, 6) is 1.86. The highest BCUT2D eigenvalue weighted by molar-refractivity contribution is 6.11. The van der Waals surface area contributed by atoms with Crippen molar-refractivity contribution in [2.24, 2.45) is 0 Å². The molecule has 31 heavy (non-hydrogen) atoms. The smallest absolute Gasteiger partial charge is 0.203 e. The predicted octanol–water partition coefficient (Wildman–Crippen LogP) is 4.91. The molecule has 0 fully saturated rings. The standard InChI is InChI=1S/C25H28O6/c1-28-22-15-19(16-23(29-2)25(22)30-3)24(27)20-14-18(21-9-7-13-31-21)11-10-17(20)8-5-4-6-12-26/h7,9-11,13-16,26H,4-6,8,12H2,1-3H3. The van der Waals surface area contributed by atoms with Crippen LogP contribution in [0.4, 0.5) is 0 Å². The maximum absolute atomic E-state index is 13.6. The molecule has 0 amide bonds. The highest BCUT2D eigenvalue weighted by Gasteiger charge is 2.21. The van der Waals surface area contributed by atoms with Crippen LogP contribution in [0.1, 0.15) is 40.7 Å². The summed E-state index contributed by atoms with van der Waals surface area (Å²) in [7, 11) is 4.57. The van der Waals surface area contributed by atoms with E-state index in [1.165, 1.54) is 21.3 Å². The molecule has 0 spiro atoms. The van der Waals surface area contributed by atoms with E-state index >= 15 is 0 Å². The van der Waals surface area contributed by atoms with Crippen LogP contribution in [0.5, 0.6) is 17.2 Å². The molecule has 6 nitrogen and oxygen atoms in total. The number of carbonyl (C=O) groups excluding carboxylic acids is 1. The third-order valence-electron chi connectivity index (χ3n) is 5.19. The van der Waals surface area contributed by atoms with E-state index in [1.807, 2.05) is 30.3 Å². The van der Waals surface area contributed by atoms with Gasteiger partial charge in [-0.05, 0) is 55.2 Å². The number of rotatable bonds is 11. The monoisotopic (exact) mass is 424 g/mol. The first-order chi connectivity index (χ1) is 15.1. The molecule has 0 aliphatic rings. The average molecular weight is 424 g/mol. The first-order valence-corrected chi connectivity index (χ1v) is 10.2. The molecule has 1 aromatic heterocycles. The maximum Gasteiger partial charge on any atom is 0.203 e. The van der Waals surface area contributed by atoms with Crippen LogP contribution in [0.3, 0.4) is 0 Å². The lowest BCUT2D eigenvalue weighted by atomic mass is 9.92. The Bertz CT molecular complexity index is 982. The summed E-state index contributed by atoms with van der Waals surface area (Å²) in [6.07, 6.45) is 4.88. The number of hydrogen-bond donors (Lipinski definition) is 1. The van der Waals surface area contributed by atoms with Crippen molar-refractivity contribution in [2.75, 3.05) is 27.9 Å². The Morgan fingerprint density at radius 1 is 0.935 bits per heavy atom. The first kappa shape index (κ1) is 22.4. The van der Waals surface area contributed by atoms with Gasteiger partial charge < -0.3 is 23.7 Å². The lowest BCUT2D eigenvalue weighted by Crippen LogP contribution is -2.08. The summed E-state index contributed by atoms with van der Waals surface area (Å²) in [4.78, 5) is 13.6. The van der Waals surface area contributed by atoms with E-state index in [0.717, 1.165) is 36.8 Å². The number of carbonyl (C=O) groups is 1. The van der Waals surface area contributed by atoms with E-state index in [0.29, 0.717) is 34.1 Å². The van der Waals surface area contributed by atoms with Crippen LogP contribution < -0.4 is 14.2 Å². The van der Waals surface area contributed by atoms with Gasteiger partial charge in [-0.25, -0.2) is 0 Å². The van der Waals surface area contributed by atoms with Crippen molar-refractivity contribution in [3.8, 4) is 28.6 Å². The molecule has 0 saturated heterocycles. The van der Waals surface area contributed by atoms with Gasteiger partial charge in [-0.3, -0.25) is 4.79 Å². The molecule has 1 heterocycles. The van der Waals surface area contributed by atoms with Gasteiger partial charge in [-0.15, -0.1) is 0 Å². The molecule has 0 radical (unpaired) electrons. The van der Waals surface area contributed by atoms with Crippen LogP contribution in [0.15, 0.2) is 53.1 Å². The van der Waals surface area contributed by atoms with Crippen LogP contribution in [-0.2, 0) is 6.42 Å². The number of benzene rings is 2. The molecule has 6 heteroatoms. The normalized spacial score (nSPS) is 10.7. The second-order valence-corrected chi connectivity index (χ2v) is 7.13. The van der Waals surface area contributed by atoms with Gasteiger partial charge in [-0.2, -0.15) is 0 Å². The number of unbranched alkanes of at least 4 members (excludes halogenated alkanes) is 2. The number of aliphatic hydroxyl groups excluding tert-OH is 1. The molecule has 2 aromatic carbocycles. The fourth-order valence-corrected chi connectivity index (χ4v) is 3.57. The molecule has 0 unspecified atom stereocenters. The van der Waals surface area contributed by atoms with Crippen molar-refractivity contribution in [1.29, 1.82) is 0 Å². The highest BCUT2D eigenvalue weighted by atomic mass is 16.5. The number of methoxy groups -OCH3 is 3. The summed E-state index contributed by atoms with van der Waals surface area (Å²) >= 11 is 0. The number of hydrogen-bond acceptors (Lipinski definition) is 6. The van der Waals surface area contributed by atoms with E-state index in [9.17, 15) is 4.79 Å². The lowest BCUT2D eigenvalue weighted by Gasteiger charge is -2.15. The number of ether oxygens (including phenoxy) is 3. The molecule has 1 N–H and O–H groups in total. The second kappa shape index (κ2) is 10.7. The third kappa shape index (κ3) is 5.09. The number of aryl methyl sites for hydroxylation is 1. The highest BCUT2D eigenvalue weighted by Crippen LogP contribution is 2.39. The molecule has 0 bridgehead atoms. The summed E-state index contributed by atoms with van der Waals surface area (Å²) in [6.45, 7) is 0.175. The summed E-state index contributed by atoms with van der Waals surface area (Å²) in [6, 6.07) is 12.8. The van der Waals surface area contributed by atoms with Crippen molar-refractivity contribution in [3.63, 3.8) is 0 Å². The number of aliphatic hydroxyl groups is 1. The van der Waals surface area contributed by atoms with Gasteiger partial charge in [0.1, 0.15) is 5.76 Å². The van der Waals surface area contributed by atoms with E-state index in [1.54, 1.807) is 18.4 Å². The second-order valence-electron chi connectivity index (χ2n) is 7.13. The zero-order chi connectivity index (χ0) is 22.2. The minimum Gasteiger partial charge on any atom is -0.493 e. The summed E-state index contributed by atoms with van der Waals surface area (Å²) < 4.78 is 21.7. The molecule has 164 valence electrons. The lowest BCUT2D eigenvalue weighted by molar-refractivity contribution is 0.103. The quantitative estimate of drug-likeness (QED) is 0.348. The molecule has 0 saturated carbocycles. The van der Waals surface area contributed by atoms with E-state index in [-0.39, 0.29) is 12.4 Å². The fraction of sp³-hybridized carbons (Fsp3) is 0.320. The average Bonchev–Trinajstić information content (AvgIpc) is 3.35. The van der Waals surface area contributed by atoms with Crippen molar-refractivity contribution in [1.82, 2.24) is 0 Å². The van der Waals surface area contributed by atoms with Crippen molar-refractivity contribution in [2.45, 2.75) is 25.7 Å². The van der Waals surface area contributed by atoms with Crippen LogP contribution in [0.2, 0.25) is 0 Å². The Hall–Kier alpha value is -3.25. The molecule has 0 aliphatic heterocycles. The van der Waals surface area contributed by atoms with Gasteiger partial charge in [0.2, 0.25) is 5.75 Å². The zero-order valence-electron chi connectivity index (χ0n) is 18.1. The molecule has 0 aliphatic carbocycles. The van der Waals surface area contributed by atoms with Gasteiger partial charge in [0.25, 0.3) is 0 Å². The Balaban J connectivity index is 2.04. The number of furan rings is 1. The SMILES string of the molecule is COc1cc(C(=O)c2cc(-c3ccco3)ccc2CCCCCO)cc(OC)c1OC. The van der Waals surface area contributed by atoms with Gasteiger partial charge in [0, 0.05) is 23.3 Å². The molecule has 3 rings (SSSR count). The van der Waals surface area contributed by atoms with Crippen LogP contribution >= 0.6 is 0 Å². The minimum atomic E-state index is -0.134. The summed E-state index contributed by atoms with van der Waals surface area (Å²) in [5.41, 5.74) is 2.83. The fourth-order valence-electron chi connectivity index (χ4n) is 3.57. The van der Waals surface area contributed by atoms with E-state index in [2.05, 4.69) is 0 Å². The Labute approximate surface area is 182 Å². The minimum absolute atomic E-state index is 0.134. The predicted molar refractivity (Wildman–Crippen MR) is 118 cm³/mol. The van der Waals surface area contributed by atoms with Gasteiger partial charge in [0.05, 0.1) is 27.6 Å². The Morgan fingerprint density at radius 3 is 2.26 bits per heavy atom. The maximum atomic E-state index is 13.6. The van der Waals surface area contributed by atoms with E-state index < -0.39 is 0 Å². The van der Waals surface area contributed by atoms with Crippen molar-refractivity contribution < 1.29 is 28.5 Å².